The van der Waals surface area contributed by atoms with Gasteiger partial charge in [0.25, 0.3) is 0 Å². The topological polar surface area (TPSA) is 54.4 Å². The van der Waals surface area contributed by atoms with Gasteiger partial charge >= 0.3 is 0 Å². The summed E-state index contributed by atoms with van der Waals surface area (Å²) in [6.45, 7) is 0. The SMILES string of the molecule is CS(=O)(=O)[C@H](I)[C@@H](O)c1ccc(Br)cc1. The minimum Gasteiger partial charge on any atom is -0.386 e. The average Bonchev–Trinajstić information content (AvgIpc) is 2.15. The Labute approximate surface area is 111 Å². The van der Waals surface area contributed by atoms with Crippen molar-refractivity contribution in [1.29, 1.82) is 0 Å². The van der Waals surface area contributed by atoms with Crippen LogP contribution in [0.1, 0.15) is 11.7 Å². The molecule has 6 heteroatoms. The van der Waals surface area contributed by atoms with Crippen molar-refractivity contribution < 1.29 is 13.5 Å². The standard InChI is InChI=1S/C9H10BrIO3S/c1-15(13,14)9(11)8(12)6-2-4-7(10)5-3-6/h2-5,8-9,12H,1H3/t8-,9-/m0/s1. The highest BCUT2D eigenvalue weighted by atomic mass is 127. The second-order valence-electron chi connectivity index (χ2n) is 3.18. The lowest BCUT2D eigenvalue weighted by molar-refractivity contribution is 0.197. The van der Waals surface area contributed by atoms with Crippen molar-refractivity contribution in [3.63, 3.8) is 0 Å². The molecule has 0 aromatic heterocycles. The highest BCUT2D eigenvalue weighted by Crippen LogP contribution is 2.27. The summed E-state index contributed by atoms with van der Waals surface area (Å²) in [7, 11) is -3.24. The molecule has 0 unspecified atom stereocenters. The average molecular weight is 405 g/mol. The molecule has 0 radical (unpaired) electrons. The Morgan fingerprint density at radius 1 is 1.33 bits per heavy atom. The third kappa shape index (κ3) is 3.69. The van der Waals surface area contributed by atoms with Crippen LogP contribution in [0.2, 0.25) is 0 Å². The second kappa shape index (κ2) is 5.11. The van der Waals surface area contributed by atoms with Crippen molar-refractivity contribution in [3.8, 4) is 0 Å². The van der Waals surface area contributed by atoms with Crippen molar-refractivity contribution in [2.24, 2.45) is 0 Å². The van der Waals surface area contributed by atoms with Gasteiger partial charge in [-0.15, -0.1) is 0 Å². The van der Waals surface area contributed by atoms with E-state index in [1.165, 1.54) is 0 Å². The van der Waals surface area contributed by atoms with Crippen LogP contribution in [0.25, 0.3) is 0 Å². The van der Waals surface area contributed by atoms with Gasteiger partial charge in [0.05, 0.1) is 0 Å². The lowest BCUT2D eigenvalue weighted by atomic mass is 10.1. The molecular formula is C9H10BrIO3S. The van der Waals surface area contributed by atoms with Crippen LogP contribution in [0.3, 0.4) is 0 Å². The van der Waals surface area contributed by atoms with E-state index in [9.17, 15) is 13.5 Å². The molecular weight excluding hydrogens is 395 g/mol. The maximum absolute atomic E-state index is 11.2. The predicted molar refractivity (Wildman–Crippen MR) is 71.8 cm³/mol. The molecule has 0 spiro atoms. The molecule has 0 saturated carbocycles. The zero-order chi connectivity index (χ0) is 11.6. The fourth-order valence-electron chi connectivity index (χ4n) is 1.05. The lowest BCUT2D eigenvalue weighted by Gasteiger charge is -2.15. The number of rotatable bonds is 3. The van der Waals surface area contributed by atoms with Crippen molar-refractivity contribution in [2.75, 3.05) is 6.26 Å². The van der Waals surface area contributed by atoms with Crippen LogP contribution in [0.15, 0.2) is 28.7 Å². The van der Waals surface area contributed by atoms with Crippen LogP contribution in [-0.4, -0.2) is 23.0 Å². The van der Waals surface area contributed by atoms with E-state index in [0.717, 1.165) is 10.7 Å². The first kappa shape index (κ1) is 13.4. The molecule has 0 aliphatic heterocycles. The summed E-state index contributed by atoms with van der Waals surface area (Å²) in [6, 6.07) is 6.94. The maximum atomic E-state index is 11.2. The highest BCUT2D eigenvalue weighted by molar-refractivity contribution is 14.1. The second-order valence-corrected chi connectivity index (χ2v) is 8.45. The van der Waals surface area contributed by atoms with Crippen LogP contribution in [-0.2, 0) is 9.84 Å². The van der Waals surface area contributed by atoms with Gasteiger partial charge in [-0.25, -0.2) is 8.42 Å². The maximum Gasteiger partial charge on any atom is 0.162 e. The van der Waals surface area contributed by atoms with Crippen LogP contribution >= 0.6 is 38.5 Å². The van der Waals surface area contributed by atoms with Gasteiger partial charge in [0.2, 0.25) is 0 Å². The predicted octanol–water partition coefficient (Wildman–Crippen LogP) is 2.29. The molecule has 1 N–H and O–H groups in total. The summed E-state index contributed by atoms with van der Waals surface area (Å²) >= 11 is 5.01. The first-order valence-electron chi connectivity index (χ1n) is 4.09. The zero-order valence-electron chi connectivity index (χ0n) is 7.89. The van der Waals surface area contributed by atoms with Gasteiger partial charge in [0, 0.05) is 10.7 Å². The molecule has 1 aromatic carbocycles. The van der Waals surface area contributed by atoms with E-state index in [2.05, 4.69) is 15.9 Å². The van der Waals surface area contributed by atoms with Crippen molar-refractivity contribution in [2.45, 2.75) is 9.36 Å². The Kier molecular flexibility index (Phi) is 4.57. The fraction of sp³-hybridized carbons (Fsp3) is 0.333. The quantitative estimate of drug-likeness (QED) is 0.621. The number of hydrogen-bond acceptors (Lipinski definition) is 3. The van der Waals surface area contributed by atoms with E-state index in [1.807, 2.05) is 0 Å². The van der Waals surface area contributed by atoms with Crippen molar-refractivity contribution in [1.82, 2.24) is 0 Å². The largest absolute Gasteiger partial charge is 0.386 e. The molecule has 0 fully saturated rings. The fourth-order valence-corrected chi connectivity index (χ4v) is 2.35. The van der Waals surface area contributed by atoms with Gasteiger partial charge in [-0.3, -0.25) is 0 Å². The van der Waals surface area contributed by atoms with Gasteiger partial charge in [-0.2, -0.15) is 0 Å². The molecule has 0 aliphatic rings. The number of hydrogen-bond donors (Lipinski definition) is 1. The summed E-state index contributed by atoms with van der Waals surface area (Å²) in [5.74, 6) is 0. The molecule has 84 valence electrons. The molecule has 0 bridgehead atoms. The summed E-state index contributed by atoms with van der Waals surface area (Å²) in [6.07, 6.45) is 0.125. The number of aliphatic hydroxyl groups excluding tert-OH is 1. The molecule has 0 saturated heterocycles. The van der Waals surface area contributed by atoms with Crippen LogP contribution in [0.4, 0.5) is 0 Å². The third-order valence-corrected chi connectivity index (χ3v) is 6.93. The molecule has 0 amide bonds. The minimum atomic E-state index is -3.24. The molecule has 2 atom stereocenters. The number of alkyl halides is 1. The van der Waals surface area contributed by atoms with Gasteiger partial charge in [0.15, 0.2) is 9.84 Å². The number of benzene rings is 1. The Balaban J connectivity index is 2.95. The summed E-state index contributed by atoms with van der Waals surface area (Å²) in [5, 5.41) is 9.81. The zero-order valence-corrected chi connectivity index (χ0v) is 12.5. The van der Waals surface area contributed by atoms with E-state index in [4.69, 9.17) is 0 Å². The highest BCUT2D eigenvalue weighted by Gasteiger charge is 2.26. The van der Waals surface area contributed by atoms with Crippen molar-refractivity contribution in [3.05, 3.63) is 34.3 Å². The van der Waals surface area contributed by atoms with Crippen LogP contribution < -0.4 is 0 Å². The lowest BCUT2D eigenvalue weighted by Crippen LogP contribution is -2.21. The Morgan fingerprint density at radius 3 is 2.20 bits per heavy atom. The molecule has 1 aromatic rings. The molecule has 15 heavy (non-hydrogen) atoms. The molecule has 1 rings (SSSR count). The monoisotopic (exact) mass is 404 g/mol. The van der Waals surface area contributed by atoms with Gasteiger partial charge in [-0.1, -0.05) is 50.7 Å². The molecule has 0 heterocycles. The Bertz CT molecular complexity index is 429. The Hall–Kier alpha value is 0.340. The van der Waals surface area contributed by atoms with E-state index in [-0.39, 0.29) is 0 Å². The minimum absolute atomic E-state index is 0.600. The smallest absolute Gasteiger partial charge is 0.162 e. The van der Waals surface area contributed by atoms with E-state index in [0.29, 0.717) is 5.56 Å². The Morgan fingerprint density at radius 2 is 1.80 bits per heavy atom. The van der Waals surface area contributed by atoms with E-state index < -0.39 is 19.2 Å². The summed E-state index contributed by atoms with van der Waals surface area (Å²) in [5.41, 5.74) is 0.600. The van der Waals surface area contributed by atoms with Gasteiger partial charge < -0.3 is 5.11 Å². The summed E-state index contributed by atoms with van der Waals surface area (Å²) in [4.78, 5) is 0. The van der Waals surface area contributed by atoms with E-state index >= 15 is 0 Å². The number of halogens is 2. The first-order chi connectivity index (χ1) is 6.82. The van der Waals surface area contributed by atoms with Gasteiger partial charge in [-0.05, 0) is 17.7 Å². The van der Waals surface area contributed by atoms with Crippen LogP contribution in [0.5, 0.6) is 0 Å². The normalized spacial score (nSPS) is 16.0. The van der Waals surface area contributed by atoms with Gasteiger partial charge in [0.1, 0.15) is 9.36 Å². The molecule has 0 aliphatic carbocycles. The summed E-state index contributed by atoms with van der Waals surface area (Å²) < 4.78 is 22.5. The van der Waals surface area contributed by atoms with Crippen molar-refractivity contribution >= 4 is 48.4 Å². The number of aliphatic hydroxyl groups is 1. The molecule has 3 nitrogen and oxygen atoms in total. The van der Waals surface area contributed by atoms with Crippen LogP contribution in [0, 0.1) is 0 Å². The third-order valence-electron chi connectivity index (χ3n) is 1.87. The first-order valence-corrected chi connectivity index (χ1v) is 8.08. The van der Waals surface area contributed by atoms with E-state index in [1.54, 1.807) is 46.9 Å². The number of sulfone groups is 1.